The molecule has 0 spiro atoms. The van der Waals surface area contributed by atoms with Crippen molar-refractivity contribution in [2.45, 2.75) is 19.9 Å². The Morgan fingerprint density at radius 2 is 2.15 bits per heavy atom. The van der Waals surface area contributed by atoms with Crippen LogP contribution in [0.3, 0.4) is 0 Å². The Hall–Kier alpha value is -2.12. The van der Waals surface area contributed by atoms with Crippen LogP contribution in [-0.4, -0.2) is 48.3 Å². The van der Waals surface area contributed by atoms with E-state index in [1.165, 1.54) is 0 Å². The van der Waals surface area contributed by atoms with Crippen molar-refractivity contribution in [1.82, 2.24) is 9.88 Å². The van der Waals surface area contributed by atoms with Crippen LogP contribution in [0.2, 0.25) is 0 Å². The average molecular weight is 376 g/mol. The molecule has 26 heavy (non-hydrogen) atoms. The zero-order valence-electron chi connectivity index (χ0n) is 15.3. The molecule has 2 heterocycles. The molecule has 0 radical (unpaired) electrons. The van der Waals surface area contributed by atoms with E-state index >= 15 is 0 Å². The van der Waals surface area contributed by atoms with Crippen molar-refractivity contribution >= 4 is 17.3 Å². The zero-order valence-corrected chi connectivity index (χ0v) is 16.1. The fourth-order valence-corrected chi connectivity index (χ4v) is 4.32. The second-order valence-electron chi connectivity index (χ2n) is 6.78. The zero-order chi connectivity index (χ0) is 18.7. The van der Waals surface area contributed by atoms with Gasteiger partial charge in [0.2, 0.25) is 0 Å². The Bertz CT molecular complexity index is 777. The van der Waals surface area contributed by atoms with Gasteiger partial charge in [-0.3, -0.25) is 9.69 Å². The second-order valence-corrected chi connectivity index (χ2v) is 7.64. The smallest absolute Gasteiger partial charge is 0.307 e. The first-order valence-corrected chi connectivity index (χ1v) is 9.50. The van der Waals surface area contributed by atoms with Crippen molar-refractivity contribution in [2.24, 2.45) is 11.8 Å². The highest BCUT2D eigenvalue weighted by atomic mass is 32.1. The molecule has 2 unspecified atom stereocenters. The number of hydrogen-bond acceptors (Lipinski definition) is 6. The number of methoxy groups -OCH3 is 2. The van der Waals surface area contributed by atoms with Crippen LogP contribution >= 0.6 is 11.3 Å². The van der Waals surface area contributed by atoms with E-state index in [-0.39, 0.29) is 5.92 Å². The topological polar surface area (TPSA) is 71.9 Å². The number of hydrogen-bond donors (Lipinski definition) is 1. The maximum Gasteiger partial charge on any atom is 0.307 e. The summed E-state index contributed by atoms with van der Waals surface area (Å²) in [6.07, 6.45) is 0.747. The lowest BCUT2D eigenvalue weighted by Crippen LogP contribution is -2.42. The van der Waals surface area contributed by atoms with Crippen LogP contribution < -0.4 is 9.47 Å². The minimum atomic E-state index is -0.705. The van der Waals surface area contributed by atoms with Gasteiger partial charge in [0.1, 0.15) is 16.5 Å². The van der Waals surface area contributed by atoms with Gasteiger partial charge < -0.3 is 14.6 Å². The van der Waals surface area contributed by atoms with E-state index < -0.39 is 5.97 Å². The van der Waals surface area contributed by atoms with E-state index in [0.29, 0.717) is 19.0 Å². The first-order chi connectivity index (χ1) is 12.5. The summed E-state index contributed by atoms with van der Waals surface area (Å²) < 4.78 is 10.7. The van der Waals surface area contributed by atoms with Crippen molar-refractivity contribution in [3.05, 3.63) is 29.3 Å². The highest BCUT2D eigenvalue weighted by Gasteiger charge is 2.29. The number of carboxylic acids is 1. The third-order valence-electron chi connectivity index (χ3n) is 4.66. The molecule has 0 saturated carbocycles. The monoisotopic (exact) mass is 376 g/mol. The van der Waals surface area contributed by atoms with Crippen molar-refractivity contribution in [3.63, 3.8) is 0 Å². The summed E-state index contributed by atoms with van der Waals surface area (Å²) in [7, 11) is 3.26. The van der Waals surface area contributed by atoms with Gasteiger partial charge >= 0.3 is 5.97 Å². The first kappa shape index (κ1) is 18.7. The summed E-state index contributed by atoms with van der Waals surface area (Å²) in [6.45, 7) is 4.26. The number of aromatic nitrogens is 1. The largest absolute Gasteiger partial charge is 0.497 e. The van der Waals surface area contributed by atoms with Crippen LogP contribution in [0.15, 0.2) is 23.6 Å². The van der Waals surface area contributed by atoms with Crippen LogP contribution in [0.25, 0.3) is 10.6 Å². The minimum Gasteiger partial charge on any atom is -0.497 e. The van der Waals surface area contributed by atoms with Gasteiger partial charge in [0.05, 0.1) is 31.4 Å². The van der Waals surface area contributed by atoms with Gasteiger partial charge in [0.25, 0.3) is 0 Å². The number of piperidine rings is 1. The molecule has 140 valence electrons. The molecule has 1 aromatic heterocycles. The molecule has 7 heteroatoms. The number of ether oxygens (including phenoxy) is 2. The maximum atomic E-state index is 11.3. The number of nitrogens with zero attached hydrogens (tertiary/aromatic N) is 2. The molecule has 1 aliphatic rings. The Labute approximate surface area is 157 Å². The van der Waals surface area contributed by atoms with E-state index in [1.807, 2.05) is 23.6 Å². The van der Waals surface area contributed by atoms with Crippen molar-refractivity contribution in [3.8, 4) is 22.1 Å². The predicted octanol–water partition coefficient (Wildman–Crippen LogP) is 3.37. The molecule has 0 aliphatic carbocycles. The van der Waals surface area contributed by atoms with Gasteiger partial charge in [-0.2, -0.15) is 0 Å². The summed E-state index contributed by atoms with van der Waals surface area (Å²) >= 11 is 1.57. The second kappa shape index (κ2) is 8.05. The number of benzene rings is 1. The Morgan fingerprint density at radius 1 is 1.35 bits per heavy atom. The van der Waals surface area contributed by atoms with Crippen LogP contribution in [0, 0.1) is 11.8 Å². The SMILES string of the molecule is COc1ccc(-c2nc(CN3CC(C)CC(C(=O)O)C3)cs2)c(OC)c1. The number of thiazole rings is 1. The fourth-order valence-electron chi connectivity index (χ4n) is 3.48. The van der Waals surface area contributed by atoms with Gasteiger partial charge in [0, 0.05) is 31.1 Å². The summed E-state index contributed by atoms with van der Waals surface area (Å²) in [4.78, 5) is 18.3. The van der Waals surface area contributed by atoms with Crippen LogP contribution in [0.1, 0.15) is 19.0 Å². The quantitative estimate of drug-likeness (QED) is 0.833. The molecule has 1 aromatic carbocycles. The lowest BCUT2D eigenvalue weighted by molar-refractivity contribution is -0.144. The van der Waals surface area contributed by atoms with Gasteiger partial charge in [-0.1, -0.05) is 6.92 Å². The lowest BCUT2D eigenvalue weighted by atomic mass is 9.90. The highest BCUT2D eigenvalue weighted by molar-refractivity contribution is 7.13. The third-order valence-corrected chi connectivity index (χ3v) is 5.59. The molecule has 1 N–H and O–H groups in total. The molecule has 0 amide bonds. The maximum absolute atomic E-state index is 11.3. The molecular formula is C19H24N2O4S. The van der Waals surface area contributed by atoms with Crippen LogP contribution in [0.5, 0.6) is 11.5 Å². The Morgan fingerprint density at radius 3 is 2.85 bits per heavy atom. The summed E-state index contributed by atoms with van der Waals surface area (Å²) in [5.41, 5.74) is 1.89. The van der Waals surface area contributed by atoms with Crippen LogP contribution in [-0.2, 0) is 11.3 Å². The number of rotatable bonds is 6. The normalized spacial score (nSPS) is 20.7. The molecule has 1 saturated heterocycles. The molecule has 6 nitrogen and oxygen atoms in total. The summed E-state index contributed by atoms with van der Waals surface area (Å²) in [6, 6.07) is 5.69. The Balaban J connectivity index is 1.75. The van der Waals surface area contributed by atoms with Gasteiger partial charge in [-0.25, -0.2) is 4.98 Å². The average Bonchev–Trinajstić information content (AvgIpc) is 3.08. The fraction of sp³-hybridized carbons (Fsp3) is 0.474. The molecular weight excluding hydrogens is 352 g/mol. The van der Waals surface area contributed by atoms with E-state index in [2.05, 4.69) is 11.8 Å². The van der Waals surface area contributed by atoms with Gasteiger partial charge in [-0.15, -0.1) is 11.3 Å². The van der Waals surface area contributed by atoms with Crippen molar-refractivity contribution in [2.75, 3.05) is 27.3 Å². The van der Waals surface area contributed by atoms with Crippen molar-refractivity contribution in [1.29, 1.82) is 0 Å². The van der Waals surface area contributed by atoms with E-state index in [9.17, 15) is 9.90 Å². The summed E-state index contributed by atoms with van der Waals surface area (Å²) in [5, 5.41) is 12.3. The highest BCUT2D eigenvalue weighted by Crippen LogP contribution is 2.35. The first-order valence-electron chi connectivity index (χ1n) is 8.62. The standard InChI is InChI=1S/C19H24N2O4S/c1-12-6-13(19(22)23)9-21(8-12)10-14-11-26-18(20-14)16-5-4-15(24-2)7-17(16)25-3/h4-5,7,11-13H,6,8-10H2,1-3H3,(H,22,23). The van der Waals surface area contributed by atoms with E-state index in [0.717, 1.165) is 40.7 Å². The van der Waals surface area contributed by atoms with Crippen LogP contribution in [0.4, 0.5) is 0 Å². The van der Waals surface area contributed by atoms with Crippen molar-refractivity contribution < 1.29 is 19.4 Å². The molecule has 2 atom stereocenters. The number of aliphatic carboxylic acids is 1. The third kappa shape index (κ3) is 4.16. The molecule has 1 aliphatic heterocycles. The molecule has 0 bridgehead atoms. The van der Waals surface area contributed by atoms with Gasteiger partial charge in [0.15, 0.2) is 0 Å². The minimum absolute atomic E-state index is 0.293. The lowest BCUT2D eigenvalue weighted by Gasteiger charge is -2.34. The number of likely N-dealkylation sites (tertiary alicyclic amines) is 1. The number of carbonyl (C=O) groups is 1. The molecule has 2 aromatic rings. The van der Waals surface area contributed by atoms with E-state index in [4.69, 9.17) is 14.5 Å². The number of carboxylic acid groups (broad SMARTS) is 1. The summed E-state index contributed by atoms with van der Waals surface area (Å²) in [5.74, 6) is 0.846. The Kier molecular flexibility index (Phi) is 5.78. The predicted molar refractivity (Wildman–Crippen MR) is 101 cm³/mol. The van der Waals surface area contributed by atoms with Gasteiger partial charge in [-0.05, 0) is 24.5 Å². The molecule has 1 fully saturated rings. The van der Waals surface area contributed by atoms with E-state index in [1.54, 1.807) is 25.6 Å². The molecule has 3 rings (SSSR count).